The van der Waals surface area contributed by atoms with Crippen LogP contribution in [-0.4, -0.2) is 42.6 Å². The molecule has 1 fully saturated rings. The summed E-state index contributed by atoms with van der Waals surface area (Å²) in [5.41, 5.74) is 2.64. The molecule has 3 rings (SSSR count). The molecule has 0 atom stereocenters. The van der Waals surface area contributed by atoms with E-state index in [4.69, 9.17) is 0 Å². The van der Waals surface area contributed by atoms with Crippen LogP contribution in [0.2, 0.25) is 0 Å². The van der Waals surface area contributed by atoms with Gasteiger partial charge in [0.25, 0.3) is 0 Å². The van der Waals surface area contributed by atoms with Gasteiger partial charge in [-0.05, 0) is 43.1 Å². The number of fused-ring (bicyclic) bond motifs is 1. The van der Waals surface area contributed by atoms with Gasteiger partial charge in [0.2, 0.25) is 0 Å². The average molecular weight is 275 g/mol. The molecule has 2 N–H and O–H groups in total. The normalized spacial score (nSPS) is 17.1. The van der Waals surface area contributed by atoms with Crippen molar-refractivity contribution in [1.82, 2.24) is 15.2 Å². The Morgan fingerprint density at radius 1 is 1.21 bits per heavy atom. The first-order valence-electron chi connectivity index (χ1n) is 7.05. The zero-order valence-electron chi connectivity index (χ0n) is 11.2. The number of aryl methyl sites for hydroxylation is 1. The monoisotopic (exact) mass is 275 g/mol. The average Bonchev–Trinajstić information content (AvgIpc) is 2.83. The van der Waals surface area contributed by atoms with E-state index in [9.17, 15) is 0 Å². The Hall–Kier alpha value is -0.970. The van der Waals surface area contributed by atoms with Crippen LogP contribution in [0.25, 0.3) is 10.9 Å². The van der Waals surface area contributed by atoms with Crippen molar-refractivity contribution in [2.75, 3.05) is 32.7 Å². The molecule has 2 aromatic rings. The predicted molar refractivity (Wildman–Crippen MR) is 83.2 cm³/mol. The maximum absolute atomic E-state index is 4.43. The first-order chi connectivity index (χ1) is 9.33. The van der Waals surface area contributed by atoms with Crippen LogP contribution in [0.5, 0.6) is 0 Å². The number of nitrogens with one attached hydrogen (secondary N) is 2. The van der Waals surface area contributed by atoms with Gasteiger partial charge in [-0.25, -0.2) is 0 Å². The number of hydrogen-bond acceptors (Lipinski definition) is 3. The van der Waals surface area contributed by atoms with Gasteiger partial charge in [0, 0.05) is 48.2 Å². The summed E-state index contributed by atoms with van der Waals surface area (Å²) in [6, 6.07) is 6.30. The van der Waals surface area contributed by atoms with E-state index >= 15 is 0 Å². The molecule has 0 spiro atoms. The molecule has 102 valence electrons. The zero-order chi connectivity index (χ0) is 13.1. The fourth-order valence-electron chi connectivity index (χ4n) is 2.80. The fraction of sp³-hybridized carbons (Fsp3) is 0.467. The molecule has 0 saturated carbocycles. The van der Waals surface area contributed by atoms with Gasteiger partial charge in [-0.3, -0.25) is 0 Å². The number of hydrogen-bond donors (Lipinski definition) is 3. The molecule has 0 aliphatic carbocycles. The van der Waals surface area contributed by atoms with Crippen molar-refractivity contribution in [3.8, 4) is 0 Å². The first kappa shape index (κ1) is 13.0. The number of benzene rings is 1. The third kappa shape index (κ3) is 3.14. The van der Waals surface area contributed by atoms with Gasteiger partial charge >= 0.3 is 0 Å². The SMILES string of the molecule is Sc1ccc2[nH]cc(CCCN3CCNCC3)c2c1. The highest BCUT2D eigenvalue weighted by molar-refractivity contribution is 7.80. The molecule has 0 amide bonds. The van der Waals surface area contributed by atoms with Crippen molar-refractivity contribution in [2.24, 2.45) is 0 Å². The van der Waals surface area contributed by atoms with Crippen LogP contribution < -0.4 is 5.32 Å². The van der Waals surface area contributed by atoms with Crippen molar-refractivity contribution in [1.29, 1.82) is 0 Å². The minimum absolute atomic E-state index is 1.04. The quantitative estimate of drug-likeness (QED) is 0.748. The molecule has 1 aliphatic rings. The van der Waals surface area contributed by atoms with Crippen molar-refractivity contribution < 1.29 is 0 Å². The third-order valence-corrected chi connectivity index (χ3v) is 4.16. The third-order valence-electron chi connectivity index (χ3n) is 3.88. The maximum Gasteiger partial charge on any atom is 0.0457 e. The molecule has 1 aliphatic heterocycles. The van der Waals surface area contributed by atoms with Crippen LogP contribution in [0.3, 0.4) is 0 Å². The lowest BCUT2D eigenvalue weighted by atomic mass is 10.1. The highest BCUT2D eigenvalue weighted by atomic mass is 32.1. The summed E-state index contributed by atoms with van der Waals surface area (Å²) in [6.45, 7) is 5.85. The number of nitrogens with zero attached hydrogens (tertiary/aromatic N) is 1. The van der Waals surface area contributed by atoms with E-state index in [0.717, 1.165) is 24.4 Å². The standard InChI is InChI=1S/C15H21N3S/c19-13-3-4-15-14(10-13)12(11-17-15)2-1-7-18-8-5-16-6-9-18/h3-4,10-11,16-17,19H,1-2,5-9H2. The molecular formula is C15H21N3S. The molecule has 0 radical (unpaired) electrons. The molecule has 4 heteroatoms. The van der Waals surface area contributed by atoms with Crippen LogP contribution in [0.1, 0.15) is 12.0 Å². The van der Waals surface area contributed by atoms with E-state index in [-0.39, 0.29) is 0 Å². The smallest absolute Gasteiger partial charge is 0.0457 e. The summed E-state index contributed by atoms with van der Waals surface area (Å²) in [5, 5.41) is 4.72. The van der Waals surface area contributed by atoms with Crippen molar-refractivity contribution >= 4 is 23.5 Å². The number of thiol groups is 1. The van der Waals surface area contributed by atoms with Crippen LogP contribution >= 0.6 is 12.6 Å². The number of rotatable bonds is 4. The van der Waals surface area contributed by atoms with Crippen LogP contribution in [0.4, 0.5) is 0 Å². The Morgan fingerprint density at radius 2 is 2.05 bits per heavy atom. The summed E-state index contributed by atoms with van der Waals surface area (Å²) in [5.74, 6) is 0. The Labute approximate surface area is 119 Å². The van der Waals surface area contributed by atoms with E-state index in [0.29, 0.717) is 0 Å². The van der Waals surface area contributed by atoms with E-state index in [2.05, 4.69) is 46.2 Å². The lowest BCUT2D eigenvalue weighted by Crippen LogP contribution is -2.43. The lowest BCUT2D eigenvalue weighted by Gasteiger charge is -2.26. The summed E-state index contributed by atoms with van der Waals surface area (Å²) < 4.78 is 0. The van der Waals surface area contributed by atoms with Crippen molar-refractivity contribution in [3.05, 3.63) is 30.0 Å². The molecule has 2 heterocycles. The molecule has 3 nitrogen and oxygen atoms in total. The highest BCUT2D eigenvalue weighted by Crippen LogP contribution is 2.22. The van der Waals surface area contributed by atoms with Crippen LogP contribution in [0.15, 0.2) is 29.3 Å². The van der Waals surface area contributed by atoms with Gasteiger partial charge in [-0.15, -0.1) is 12.6 Å². The molecule has 19 heavy (non-hydrogen) atoms. The number of aromatic nitrogens is 1. The van der Waals surface area contributed by atoms with Gasteiger partial charge in [-0.2, -0.15) is 0 Å². The van der Waals surface area contributed by atoms with E-state index in [1.807, 2.05) is 6.07 Å². The molecular weight excluding hydrogens is 254 g/mol. The zero-order valence-corrected chi connectivity index (χ0v) is 12.0. The minimum Gasteiger partial charge on any atom is -0.361 e. The van der Waals surface area contributed by atoms with Crippen LogP contribution in [-0.2, 0) is 6.42 Å². The van der Waals surface area contributed by atoms with Crippen molar-refractivity contribution in [3.63, 3.8) is 0 Å². The summed E-state index contributed by atoms with van der Waals surface area (Å²) >= 11 is 4.43. The van der Waals surface area contributed by atoms with Gasteiger partial charge in [0.05, 0.1) is 0 Å². The predicted octanol–water partition coefficient (Wildman–Crippen LogP) is 2.29. The van der Waals surface area contributed by atoms with E-state index in [1.54, 1.807) is 0 Å². The maximum atomic E-state index is 4.43. The second-order valence-electron chi connectivity index (χ2n) is 5.24. The number of aromatic amines is 1. The second-order valence-corrected chi connectivity index (χ2v) is 5.76. The Balaban J connectivity index is 1.60. The molecule has 0 unspecified atom stereocenters. The first-order valence-corrected chi connectivity index (χ1v) is 7.50. The summed E-state index contributed by atoms with van der Waals surface area (Å²) in [6.07, 6.45) is 4.51. The minimum atomic E-state index is 1.04. The second kappa shape index (κ2) is 5.99. The van der Waals surface area contributed by atoms with E-state index in [1.165, 1.54) is 42.5 Å². The van der Waals surface area contributed by atoms with Gasteiger partial charge in [-0.1, -0.05) is 0 Å². The number of piperazine rings is 1. The van der Waals surface area contributed by atoms with Gasteiger partial charge < -0.3 is 15.2 Å². The topological polar surface area (TPSA) is 31.1 Å². The Bertz CT molecular complexity index is 543. The lowest BCUT2D eigenvalue weighted by molar-refractivity contribution is 0.238. The molecule has 1 aromatic heterocycles. The Kier molecular flexibility index (Phi) is 4.11. The van der Waals surface area contributed by atoms with Crippen LogP contribution in [0, 0.1) is 0 Å². The van der Waals surface area contributed by atoms with Crippen molar-refractivity contribution in [2.45, 2.75) is 17.7 Å². The van der Waals surface area contributed by atoms with E-state index < -0.39 is 0 Å². The summed E-state index contributed by atoms with van der Waals surface area (Å²) in [4.78, 5) is 6.93. The Morgan fingerprint density at radius 3 is 2.89 bits per heavy atom. The highest BCUT2D eigenvalue weighted by Gasteiger charge is 2.09. The largest absolute Gasteiger partial charge is 0.361 e. The van der Waals surface area contributed by atoms with Gasteiger partial charge in [0.15, 0.2) is 0 Å². The summed E-state index contributed by atoms with van der Waals surface area (Å²) in [7, 11) is 0. The molecule has 1 aromatic carbocycles. The molecule has 1 saturated heterocycles. The molecule has 0 bridgehead atoms. The fourth-order valence-corrected chi connectivity index (χ4v) is 3.00. The number of H-pyrrole nitrogens is 1. The van der Waals surface area contributed by atoms with Gasteiger partial charge in [0.1, 0.15) is 0 Å².